The van der Waals surface area contributed by atoms with E-state index in [0.29, 0.717) is 5.92 Å². The van der Waals surface area contributed by atoms with Gasteiger partial charge in [-0.2, -0.15) is 0 Å². The molecule has 41 heavy (non-hydrogen) atoms. The molecule has 0 spiro atoms. The van der Waals surface area contributed by atoms with Gasteiger partial charge >= 0.3 is 0 Å². The minimum Gasteiger partial charge on any atom is -0.377 e. The highest BCUT2D eigenvalue weighted by molar-refractivity contribution is 7.00. The van der Waals surface area contributed by atoms with Gasteiger partial charge in [0.15, 0.2) is 0 Å². The molecule has 1 nitrogen and oxygen atoms in total. The zero-order chi connectivity index (χ0) is 28.2. The Bertz CT molecular complexity index is 1640. The zero-order valence-electron chi connectivity index (χ0n) is 24.7. The van der Waals surface area contributed by atoms with E-state index in [-0.39, 0.29) is 6.71 Å². The highest BCUT2D eigenvalue weighted by Crippen LogP contribution is 2.44. The van der Waals surface area contributed by atoms with Crippen LogP contribution in [0.15, 0.2) is 121 Å². The largest absolute Gasteiger partial charge is 0.377 e. The third-order valence-corrected chi connectivity index (χ3v) is 8.87. The first-order valence-corrected chi connectivity index (χ1v) is 15.2. The molecule has 0 radical (unpaired) electrons. The van der Waals surface area contributed by atoms with E-state index >= 15 is 0 Å². The number of aryl methyl sites for hydroxylation is 1. The van der Waals surface area contributed by atoms with E-state index in [2.05, 4.69) is 147 Å². The minimum atomic E-state index is 0.116. The van der Waals surface area contributed by atoms with Crippen molar-refractivity contribution in [1.82, 2.24) is 0 Å². The highest BCUT2D eigenvalue weighted by Gasteiger charge is 2.33. The van der Waals surface area contributed by atoms with Gasteiger partial charge in [-0.15, -0.1) is 0 Å². The minimum absolute atomic E-state index is 0.116. The Morgan fingerprint density at radius 1 is 0.634 bits per heavy atom. The third kappa shape index (κ3) is 5.75. The molecule has 6 rings (SSSR count). The number of benzene rings is 5. The van der Waals surface area contributed by atoms with E-state index in [1.807, 2.05) is 0 Å². The van der Waals surface area contributed by atoms with Gasteiger partial charge in [-0.25, -0.2) is 0 Å². The molecular weight excluding hydrogens is 493 g/mol. The summed E-state index contributed by atoms with van der Waals surface area (Å²) in [5, 5.41) is 2.58. The van der Waals surface area contributed by atoms with E-state index in [1.54, 1.807) is 0 Å². The quantitative estimate of drug-likeness (QED) is 0.150. The number of hydrogen-bond acceptors (Lipinski definition) is 1. The smallest absolute Gasteiger partial charge is 0.242 e. The Kier molecular flexibility index (Phi) is 8.10. The van der Waals surface area contributed by atoms with Crippen LogP contribution in [0.3, 0.4) is 0 Å². The van der Waals surface area contributed by atoms with Crippen molar-refractivity contribution >= 4 is 45.1 Å². The molecule has 204 valence electrons. The molecule has 0 bridgehead atoms. The molecule has 1 aliphatic carbocycles. The maximum Gasteiger partial charge on any atom is 0.242 e. The van der Waals surface area contributed by atoms with Crippen LogP contribution < -0.4 is 15.8 Å². The summed E-state index contributed by atoms with van der Waals surface area (Å²) in [5.74, 6) is 0.517. The third-order valence-electron chi connectivity index (χ3n) is 8.87. The van der Waals surface area contributed by atoms with Gasteiger partial charge in [0.2, 0.25) is 6.71 Å². The lowest BCUT2D eigenvalue weighted by atomic mass is 9.34. The number of fused-ring (bicyclic) bond motifs is 1. The van der Waals surface area contributed by atoms with Gasteiger partial charge in [0, 0.05) is 25.3 Å². The molecule has 1 aliphatic rings. The summed E-state index contributed by atoms with van der Waals surface area (Å²) in [6, 6.07) is 45.4. The molecule has 0 aliphatic heterocycles. The molecular formula is C39H40BN. The zero-order valence-corrected chi connectivity index (χ0v) is 24.7. The van der Waals surface area contributed by atoms with Crippen molar-refractivity contribution in [3.05, 3.63) is 138 Å². The summed E-state index contributed by atoms with van der Waals surface area (Å²) in [6.45, 7) is 2.30. The average molecular weight is 534 g/mol. The second-order valence-electron chi connectivity index (χ2n) is 11.9. The molecule has 5 aromatic rings. The van der Waals surface area contributed by atoms with Gasteiger partial charge < -0.3 is 4.90 Å². The lowest BCUT2D eigenvalue weighted by Gasteiger charge is -2.33. The molecule has 0 N–H and O–H groups in total. The number of hydrogen-bond donors (Lipinski definition) is 0. The second kappa shape index (κ2) is 12.2. The lowest BCUT2D eigenvalue weighted by molar-refractivity contribution is 0.430. The molecule has 1 saturated carbocycles. The molecule has 2 heteroatoms. The molecule has 0 amide bonds. The molecule has 0 heterocycles. The predicted molar refractivity (Wildman–Crippen MR) is 181 cm³/mol. The first-order chi connectivity index (χ1) is 20.1. The fourth-order valence-corrected chi connectivity index (χ4v) is 6.83. The molecule has 0 aromatic heterocycles. The van der Waals surface area contributed by atoms with Crippen molar-refractivity contribution in [2.24, 2.45) is 5.92 Å². The van der Waals surface area contributed by atoms with Crippen LogP contribution in [0.1, 0.15) is 48.8 Å². The van der Waals surface area contributed by atoms with E-state index in [0.717, 1.165) is 0 Å². The number of para-hydroxylation sites is 1. The van der Waals surface area contributed by atoms with Crippen LogP contribution in [-0.2, 0) is 0 Å². The fourth-order valence-electron chi connectivity index (χ4n) is 6.83. The summed E-state index contributed by atoms with van der Waals surface area (Å²) in [6.07, 6.45) is 6.41. The molecule has 0 unspecified atom stereocenters. The summed E-state index contributed by atoms with van der Waals surface area (Å²) in [7, 11) is 4.36. The van der Waals surface area contributed by atoms with Crippen molar-refractivity contribution in [1.29, 1.82) is 0 Å². The first kappa shape index (κ1) is 27.2. The summed E-state index contributed by atoms with van der Waals surface area (Å²) >= 11 is 0. The molecule has 0 saturated heterocycles. The molecule has 0 atom stereocenters. The summed E-state index contributed by atoms with van der Waals surface area (Å²) in [5.41, 5.74) is 11.0. The van der Waals surface area contributed by atoms with Crippen LogP contribution in [-0.4, -0.2) is 20.8 Å². The molecule has 5 aromatic carbocycles. The van der Waals surface area contributed by atoms with Crippen LogP contribution in [0, 0.1) is 12.8 Å². The van der Waals surface area contributed by atoms with Crippen molar-refractivity contribution in [2.45, 2.75) is 39.0 Å². The summed E-state index contributed by atoms with van der Waals surface area (Å²) < 4.78 is 0. The van der Waals surface area contributed by atoms with Crippen LogP contribution >= 0.6 is 0 Å². The second-order valence-corrected chi connectivity index (χ2v) is 11.9. The lowest BCUT2D eigenvalue weighted by Crippen LogP contribution is -2.44. The van der Waals surface area contributed by atoms with Crippen molar-refractivity contribution in [2.75, 3.05) is 19.0 Å². The predicted octanol–water partition coefficient (Wildman–Crippen LogP) is 8.55. The number of anilines is 1. The van der Waals surface area contributed by atoms with E-state index in [9.17, 15) is 0 Å². The summed E-state index contributed by atoms with van der Waals surface area (Å²) in [4.78, 5) is 2.29. The van der Waals surface area contributed by atoms with Gasteiger partial charge in [0.25, 0.3) is 0 Å². The van der Waals surface area contributed by atoms with E-state index in [4.69, 9.17) is 0 Å². The van der Waals surface area contributed by atoms with Crippen LogP contribution in [0.25, 0.3) is 21.8 Å². The standard InChI is InChI=1S/C39H40BN/c1-29-22-26-35(27-23-29)40(34-18-8-5-9-19-34)39(33-25-24-30-14-10-11-17-32(30)28-33)38(31-15-6-4-7-16-31)36-20-12-13-21-37(36)41(2)3/h5,8-14,17-28,31H,4,6-7,15-16H2,1-3H3/b39-38-. The van der Waals surface area contributed by atoms with Crippen molar-refractivity contribution in [3.8, 4) is 0 Å². The highest BCUT2D eigenvalue weighted by atomic mass is 15.1. The van der Waals surface area contributed by atoms with Crippen molar-refractivity contribution < 1.29 is 0 Å². The number of rotatable bonds is 7. The Hall–Kier alpha value is -4.04. The van der Waals surface area contributed by atoms with Gasteiger partial charge in [-0.3, -0.25) is 0 Å². The van der Waals surface area contributed by atoms with Gasteiger partial charge in [-0.05, 0) is 59.7 Å². The number of allylic oxidation sites excluding steroid dienone is 1. The van der Waals surface area contributed by atoms with E-state index in [1.165, 1.54) is 87.2 Å². The monoisotopic (exact) mass is 533 g/mol. The maximum atomic E-state index is 2.44. The van der Waals surface area contributed by atoms with Crippen LogP contribution in [0.4, 0.5) is 5.69 Å². The Morgan fingerprint density at radius 3 is 2.00 bits per heavy atom. The van der Waals surface area contributed by atoms with Gasteiger partial charge in [0.05, 0.1) is 0 Å². The normalized spacial score (nSPS) is 14.5. The van der Waals surface area contributed by atoms with Crippen LogP contribution in [0.2, 0.25) is 0 Å². The first-order valence-electron chi connectivity index (χ1n) is 15.2. The Balaban J connectivity index is 1.74. The van der Waals surface area contributed by atoms with E-state index < -0.39 is 0 Å². The topological polar surface area (TPSA) is 3.24 Å². The molecule has 1 fully saturated rings. The Morgan fingerprint density at radius 2 is 1.27 bits per heavy atom. The van der Waals surface area contributed by atoms with Gasteiger partial charge in [0.1, 0.15) is 0 Å². The Labute approximate surface area is 246 Å². The van der Waals surface area contributed by atoms with Crippen LogP contribution in [0.5, 0.6) is 0 Å². The average Bonchev–Trinajstić information content (AvgIpc) is 3.02. The van der Waals surface area contributed by atoms with Crippen molar-refractivity contribution in [3.63, 3.8) is 0 Å². The fraction of sp³-hybridized carbons (Fsp3) is 0.231. The maximum absolute atomic E-state index is 2.44. The SMILES string of the molecule is Cc1ccc(B(/C(=C(\c2ccccc2N(C)C)C2CCCCC2)c2ccc3ccccc3c2)c2ccccc2)cc1. The number of nitrogens with zero attached hydrogens (tertiary/aromatic N) is 1. The van der Waals surface area contributed by atoms with Gasteiger partial charge in [-0.1, -0.05) is 150 Å².